The molecule has 0 fully saturated rings. The van der Waals surface area contributed by atoms with Crippen LogP contribution in [0.3, 0.4) is 0 Å². The summed E-state index contributed by atoms with van der Waals surface area (Å²) in [6.07, 6.45) is 3.60. The fraction of sp³-hybridized carbons (Fsp3) is 0.400. The van der Waals surface area contributed by atoms with Crippen LogP contribution in [-0.2, 0) is 20.1 Å². The van der Waals surface area contributed by atoms with Crippen LogP contribution in [0, 0.1) is 0 Å². The van der Waals surface area contributed by atoms with Gasteiger partial charge >= 0.3 is 0 Å². The Bertz CT molecular complexity index is 630. The fourth-order valence-electron chi connectivity index (χ4n) is 1.97. The van der Waals surface area contributed by atoms with Gasteiger partial charge in [-0.1, -0.05) is 0 Å². The number of anilines is 1. The molecule has 2 heterocycles. The zero-order valence-corrected chi connectivity index (χ0v) is 13.5. The van der Waals surface area contributed by atoms with Crippen molar-refractivity contribution < 1.29 is 0 Å². The van der Waals surface area contributed by atoms with Crippen molar-refractivity contribution in [1.82, 2.24) is 25.4 Å². The number of hydrogen-bond donors (Lipinski definition) is 2. The van der Waals surface area contributed by atoms with Gasteiger partial charge in [0.1, 0.15) is 5.82 Å². The molecule has 0 unspecified atom stereocenters. The second-order valence-corrected chi connectivity index (χ2v) is 5.14. The van der Waals surface area contributed by atoms with Gasteiger partial charge in [0.05, 0.1) is 12.2 Å². The minimum atomic E-state index is 0.676. The molecular weight excluding hydrogens is 278 g/mol. The molecule has 118 valence electrons. The largest absolute Gasteiger partial charge is 0.363 e. The Morgan fingerprint density at radius 2 is 2.00 bits per heavy atom. The van der Waals surface area contributed by atoms with Crippen LogP contribution in [0.4, 0.5) is 5.82 Å². The van der Waals surface area contributed by atoms with E-state index in [9.17, 15) is 0 Å². The molecule has 0 saturated heterocycles. The maximum absolute atomic E-state index is 4.31. The third-order valence-electron chi connectivity index (χ3n) is 3.31. The highest BCUT2D eigenvalue weighted by Gasteiger charge is 2.03. The maximum atomic E-state index is 4.31. The Hall–Kier alpha value is -2.57. The van der Waals surface area contributed by atoms with E-state index in [2.05, 4.69) is 31.8 Å². The minimum absolute atomic E-state index is 0.676. The summed E-state index contributed by atoms with van der Waals surface area (Å²) in [4.78, 5) is 10.5. The lowest BCUT2D eigenvalue weighted by Crippen LogP contribution is -2.36. The molecule has 2 N–H and O–H groups in total. The van der Waals surface area contributed by atoms with Gasteiger partial charge < -0.3 is 15.5 Å². The summed E-state index contributed by atoms with van der Waals surface area (Å²) in [6, 6.07) is 6.03. The number of nitrogens with zero attached hydrogens (tertiary/aromatic N) is 5. The molecule has 0 amide bonds. The fourth-order valence-corrected chi connectivity index (χ4v) is 1.97. The van der Waals surface area contributed by atoms with Crippen LogP contribution in [0.5, 0.6) is 0 Å². The first-order valence-electron chi connectivity index (χ1n) is 7.14. The summed E-state index contributed by atoms with van der Waals surface area (Å²) in [5.41, 5.74) is 2.25. The molecule has 0 aliphatic heterocycles. The van der Waals surface area contributed by atoms with E-state index < -0.39 is 0 Å². The van der Waals surface area contributed by atoms with E-state index in [1.165, 1.54) is 0 Å². The third-order valence-corrected chi connectivity index (χ3v) is 3.31. The number of nitrogens with one attached hydrogen (secondary N) is 2. The minimum Gasteiger partial charge on any atom is -0.363 e. The third kappa shape index (κ3) is 4.21. The monoisotopic (exact) mass is 301 g/mol. The van der Waals surface area contributed by atoms with Crippen LogP contribution in [0.2, 0.25) is 0 Å². The van der Waals surface area contributed by atoms with Gasteiger partial charge in [0.2, 0.25) is 0 Å². The molecule has 0 saturated carbocycles. The van der Waals surface area contributed by atoms with E-state index in [1.54, 1.807) is 13.2 Å². The summed E-state index contributed by atoms with van der Waals surface area (Å²) < 4.78 is 1.84. The van der Waals surface area contributed by atoms with Crippen LogP contribution in [-0.4, -0.2) is 41.9 Å². The first kappa shape index (κ1) is 15.8. The summed E-state index contributed by atoms with van der Waals surface area (Å²) in [5, 5.41) is 10.7. The molecule has 7 heteroatoms. The molecule has 0 aliphatic carbocycles. The Balaban J connectivity index is 1.89. The molecule has 2 rings (SSSR count). The van der Waals surface area contributed by atoms with Gasteiger partial charge in [-0.25, -0.2) is 4.98 Å². The van der Waals surface area contributed by atoms with Crippen molar-refractivity contribution in [1.29, 1.82) is 0 Å². The van der Waals surface area contributed by atoms with Gasteiger partial charge in [0.15, 0.2) is 5.96 Å². The first-order valence-corrected chi connectivity index (χ1v) is 7.14. The van der Waals surface area contributed by atoms with Crippen molar-refractivity contribution in [3.8, 4) is 0 Å². The highest BCUT2D eigenvalue weighted by molar-refractivity contribution is 5.79. The predicted molar refractivity (Wildman–Crippen MR) is 88.8 cm³/mol. The van der Waals surface area contributed by atoms with E-state index in [0.717, 1.165) is 23.0 Å². The number of aromatic nitrogens is 3. The highest BCUT2D eigenvalue weighted by Crippen LogP contribution is 2.09. The molecule has 0 bridgehead atoms. The summed E-state index contributed by atoms with van der Waals surface area (Å²) in [7, 11) is 7.64. The van der Waals surface area contributed by atoms with Crippen molar-refractivity contribution in [3.63, 3.8) is 0 Å². The molecular formula is C15H23N7. The number of rotatable bonds is 5. The zero-order chi connectivity index (χ0) is 15.9. The Morgan fingerprint density at radius 3 is 2.64 bits per heavy atom. The first-order chi connectivity index (χ1) is 10.6. The summed E-state index contributed by atoms with van der Waals surface area (Å²) in [5.74, 6) is 1.70. The average molecular weight is 301 g/mol. The van der Waals surface area contributed by atoms with Gasteiger partial charge in [-0.2, -0.15) is 5.10 Å². The van der Waals surface area contributed by atoms with E-state index in [1.807, 2.05) is 49.1 Å². The molecule has 2 aromatic rings. The Morgan fingerprint density at radius 1 is 1.23 bits per heavy atom. The standard InChI is InChI=1S/C15H23N7/c1-16-15(19-11-13-6-8-20-22(13)4)18-10-12-5-7-17-14(9-12)21(2)3/h5-9H,10-11H2,1-4H3,(H2,16,18,19). The number of aliphatic imine (C=N–C) groups is 1. The molecule has 0 atom stereocenters. The Labute approximate surface area is 131 Å². The molecule has 0 spiro atoms. The summed E-state index contributed by atoms with van der Waals surface area (Å²) in [6.45, 7) is 1.36. The quantitative estimate of drug-likeness (QED) is 0.630. The lowest BCUT2D eigenvalue weighted by molar-refractivity contribution is 0.684. The van der Waals surface area contributed by atoms with Gasteiger partial charge in [-0.3, -0.25) is 9.67 Å². The number of pyridine rings is 1. The van der Waals surface area contributed by atoms with Crippen LogP contribution in [0.25, 0.3) is 0 Å². The molecule has 22 heavy (non-hydrogen) atoms. The van der Waals surface area contributed by atoms with Crippen molar-refractivity contribution in [2.75, 3.05) is 26.0 Å². The Kier molecular flexibility index (Phi) is 5.35. The normalized spacial score (nSPS) is 11.4. The van der Waals surface area contributed by atoms with Crippen LogP contribution < -0.4 is 15.5 Å². The smallest absolute Gasteiger partial charge is 0.191 e. The average Bonchev–Trinajstić information content (AvgIpc) is 2.93. The topological polar surface area (TPSA) is 70.4 Å². The van der Waals surface area contributed by atoms with Gasteiger partial charge in [-0.15, -0.1) is 0 Å². The molecule has 0 aliphatic rings. The maximum Gasteiger partial charge on any atom is 0.191 e. The van der Waals surface area contributed by atoms with Gasteiger partial charge in [0, 0.05) is 47.1 Å². The van der Waals surface area contributed by atoms with Crippen molar-refractivity contribution >= 4 is 11.8 Å². The van der Waals surface area contributed by atoms with Crippen LogP contribution in [0.15, 0.2) is 35.6 Å². The number of guanidine groups is 1. The zero-order valence-electron chi connectivity index (χ0n) is 13.5. The van der Waals surface area contributed by atoms with Gasteiger partial charge in [0.25, 0.3) is 0 Å². The van der Waals surface area contributed by atoms with E-state index in [0.29, 0.717) is 13.1 Å². The second kappa shape index (κ2) is 7.44. The lowest BCUT2D eigenvalue weighted by atomic mass is 10.2. The summed E-state index contributed by atoms with van der Waals surface area (Å²) >= 11 is 0. The number of hydrogen-bond acceptors (Lipinski definition) is 4. The molecule has 7 nitrogen and oxygen atoms in total. The highest BCUT2D eigenvalue weighted by atomic mass is 15.3. The molecule has 0 radical (unpaired) electrons. The number of aryl methyl sites for hydroxylation is 1. The van der Waals surface area contributed by atoms with Crippen molar-refractivity contribution in [2.24, 2.45) is 12.0 Å². The van der Waals surface area contributed by atoms with Crippen molar-refractivity contribution in [3.05, 3.63) is 41.9 Å². The van der Waals surface area contributed by atoms with E-state index in [-0.39, 0.29) is 0 Å². The van der Waals surface area contributed by atoms with Crippen LogP contribution in [0.1, 0.15) is 11.3 Å². The van der Waals surface area contributed by atoms with Gasteiger partial charge in [-0.05, 0) is 23.8 Å². The second-order valence-electron chi connectivity index (χ2n) is 5.14. The lowest BCUT2D eigenvalue weighted by Gasteiger charge is -2.14. The molecule has 2 aromatic heterocycles. The molecule has 0 aromatic carbocycles. The SMILES string of the molecule is CN=C(NCc1ccnc(N(C)C)c1)NCc1ccnn1C. The van der Waals surface area contributed by atoms with E-state index in [4.69, 9.17) is 0 Å². The predicted octanol–water partition coefficient (Wildman–Crippen LogP) is 0.746. The van der Waals surface area contributed by atoms with Crippen LogP contribution >= 0.6 is 0 Å². The van der Waals surface area contributed by atoms with E-state index >= 15 is 0 Å². The van der Waals surface area contributed by atoms with Crippen molar-refractivity contribution in [2.45, 2.75) is 13.1 Å².